The molecule has 0 spiro atoms. The predicted octanol–water partition coefficient (Wildman–Crippen LogP) is 0.612. The van der Waals surface area contributed by atoms with Crippen LogP contribution in [0.1, 0.15) is 5.56 Å². The molecule has 3 rings (SSSR count). The number of anilines is 1. The van der Waals surface area contributed by atoms with E-state index in [1.54, 1.807) is 7.05 Å². The number of nitrogens with zero attached hydrogens (tertiary/aromatic N) is 5. The van der Waals surface area contributed by atoms with Crippen LogP contribution in [0.25, 0.3) is 11.2 Å². The van der Waals surface area contributed by atoms with E-state index >= 15 is 0 Å². The van der Waals surface area contributed by atoms with Crippen LogP contribution in [0.4, 0.5) is 5.95 Å². The molecule has 0 radical (unpaired) electrons. The third kappa shape index (κ3) is 2.92. The van der Waals surface area contributed by atoms with E-state index in [1.807, 2.05) is 36.4 Å². The lowest BCUT2D eigenvalue weighted by Gasteiger charge is -2.07. The summed E-state index contributed by atoms with van der Waals surface area (Å²) in [6.07, 6.45) is 0.771. The number of nitriles is 1. The van der Waals surface area contributed by atoms with Crippen molar-refractivity contribution in [1.29, 1.82) is 5.26 Å². The number of hydrogen-bond acceptors (Lipinski definition) is 5. The molecule has 25 heavy (non-hydrogen) atoms. The van der Waals surface area contributed by atoms with Gasteiger partial charge in [-0.2, -0.15) is 10.2 Å². The van der Waals surface area contributed by atoms with Crippen LogP contribution in [0.5, 0.6) is 0 Å². The maximum atomic E-state index is 12.5. The van der Waals surface area contributed by atoms with E-state index in [4.69, 9.17) is 5.26 Å². The largest absolute Gasteiger partial charge is 0.355 e. The SMILES string of the molecule is Cn1c(=O)c2c(nc(NCCc3ccccc3)n2CC#N)n(C)c1=O. The molecule has 2 aromatic heterocycles. The number of aryl methyl sites for hydroxylation is 1. The fourth-order valence-electron chi connectivity index (χ4n) is 2.77. The van der Waals surface area contributed by atoms with Crippen LogP contribution >= 0.6 is 0 Å². The summed E-state index contributed by atoms with van der Waals surface area (Å²) in [5.41, 5.74) is 0.770. The first-order valence-electron chi connectivity index (χ1n) is 7.85. The monoisotopic (exact) mass is 338 g/mol. The highest BCUT2D eigenvalue weighted by atomic mass is 16.2. The molecule has 0 atom stereocenters. The molecule has 0 unspecified atom stereocenters. The van der Waals surface area contributed by atoms with Gasteiger partial charge in [0.25, 0.3) is 5.56 Å². The Morgan fingerprint density at radius 3 is 2.56 bits per heavy atom. The number of aromatic nitrogens is 4. The molecule has 8 nitrogen and oxygen atoms in total. The van der Waals surface area contributed by atoms with Gasteiger partial charge in [-0.15, -0.1) is 0 Å². The van der Waals surface area contributed by atoms with Gasteiger partial charge in [0.1, 0.15) is 6.54 Å². The van der Waals surface area contributed by atoms with Crippen LogP contribution in [-0.4, -0.2) is 25.2 Å². The molecular weight excluding hydrogens is 320 g/mol. The van der Waals surface area contributed by atoms with E-state index in [9.17, 15) is 9.59 Å². The Hall–Kier alpha value is -3.34. The van der Waals surface area contributed by atoms with Crippen molar-refractivity contribution in [3.63, 3.8) is 0 Å². The Balaban J connectivity index is 2.00. The second-order valence-electron chi connectivity index (χ2n) is 5.72. The molecule has 0 aliphatic carbocycles. The van der Waals surface area contributed by atoms with Gasteiger partial charge in [0.15, 0.2) is 11.2 Å². The van der Waals surface area contributed by atoms with Gasteiger partial charge in [0, 0.05) is 20.6 Å². The van der Waals surface area contributed by atoms with E-state index < -0.39 is 11.2 Å². The fraction of sp³-hybridized carbons (Fsp3) is 0.294. The minimum Gasteiger partial charge on any atom is -0.355 e. The highest BCUT2D eigenvalue weighted by Gasteiger charge is 2.18. The third-order valence-electron chi connectivity index (χ3n) is 4.12. The molecule has 1 aromatic carbocycles. The molecule has 3 aromatic rings. The normalized spacial score (nSPS) is 10.8. The highest BCUT2D eigenvalue weighted by Crippen LogP contribution is 2.15. The molecule has 0 amide bonds. The number of rotatable bonds is 5. The van der Waals surface area contributed by atoms with Crippen LogP contribution in [0.3, 0.4) is 0 Å². The number of benzene rings is 1. The molecule has 0 bridgehead atoms. The zero-order valence-electron chi connectivity index (χ0n) is 14.1. The van der Waals surface area contributed by atoms with E-state index in [2.05, 4.69) is 10.3 Å². The van der Waals surface area contributed by atoms with Crippen LogP contribution in [0, 0.1) is 11.3 Å². The van der Waals surface area contributed by atoms with Crippen molar-refractivity contribution in [2.75, 3.05) is 11.9 Å². The Kier molecular flexibility index (Phi) is 4.39. The summed E-state index contributed by atoms with van der Waals surface area (Å²) >= 11 is 0. The smallest absolute Gasteiger partial charge is 0.332 e. The lowest BCUT2D eigenvalue weighted by atomic mass is 10.1. The summed E-state index contributed by atoms with van der Waals surface area (Å²) < 4.78 is 3.85. The standard InChI is InChI=1S/C17H18N6O2/c1-21-14-13(15(24)22(2)17(21)25)23(11-9-18)16(20-14)19-10-8-12-6-4-3-5-7-12/h3-7H,8,10-11H2,1-2H3,(H,19,20). The van der Waals surface area contributed by atoms with Gasteiger partial charge in [-0.3, -0.25) is 18.5 Å². The van der Waals surface area contributed by atoms with Gasteiger partial charge < -0.3 is 5.32 Å². The Morgan fingerprint density at radius 1 is 1.16 bits per heavy atom. The Bertz CT molecular complexity index is 1070. The third-order valence-corrected chi connectivity index (χ3v) is 4.12. The summed E-state index contributed by atoms with van der Waals surface area (Å²) in [5.74, 6) is 0.408. The first-order valence-corrected chi connectivity index (χ1v) is 7.85. The lowest BCUT2D eigenvalue weighted by molar-refractivity contribution is 0.704. The Morgan fingerprint density at radius 2 is 1.88 bits per heavy atom. The molecule has 128 valence electrons. The van der Waals surface area contributed by atoms with Crippen LogP contribution in [0.2, 0.25) is 0 Å². The number of nitrogens with one attached hydrogen (secondary N) is 1. The molecule has 0 saturated heterocycles. The molecular formula is C17H18N6O2. The highest BCUT2D eigenvalue weighted by molar-refractivity contribution is 5.74. The summed E-state index contributed by atoms with van der Waals surface area (Å²) in [6.45, 7) is 0.560. The zero-order chi connectivity index (χ0) is 18.0. The minimum atomic E-state index is -0.461. The molecule has 8 heteroatoms. The molecule has 2 heterocycles. The van der Waals surface area contributed by atoms with Crippen molar-refractivity contribution in [1.82, 2.24) is 18.7 Å². The average molecular weight is 338 g/mol. The first-order chi connectivity index (χ1) is 12.0. The number of fused-ring (bicyclic) bond motifs is 1. The molecule has 0 fully saturated rings. The van der Waals surface area contributed by atoms with Gasteiger partial charge in [-0.1, -0.05) is 30.3 Å². The maximum absolute atomic E-state index is 12.5. The lowest BCUT2D eigenvalue weighted by Crippen LogP contribution is -2.37. The summed E-state index contributed by atoms with van der Waals surface area (Å²) in [6, 6.07) is 12.0. The van der Waals surface area contributed by atoms with Crippen molar-refractivity contribution in [3.8, 4) is 6.07 Å². The number of hydrogen-bond donors (Lipinski definition) is 1. The van der Waals surface area contributed by atoms with Crippen molar-refractivity contribution in [2.45, 2.75) is 13.0 Å². The first kappa shape index (κ1) is 16.5. The van der Waals surface area contributed by atoms with Gasteiger partial charge >= 0.3 is 5.69 Å². The van der Waals surface area contributed by atoms with Crippen molar-refractivity contribution >= 4 is 17.1 Å². The summed E-state index contributed by atoms with van der Waals surface area (Å²) in [5, 5.41) is 12.3. The maximum Gasteiger partial charge on any atom is 0.332 e. The minimum absolute atomic E-state index is 0.0301. The van der Waals surface area contributed by atoms with Gasteiger partial charge in [0.2, 0.25) is 5.95 Å². The molecule has 0 saturated carbocycles. The van der Waals surface area contributed by atoms with Crippen LogP contribution in [0.15, 0.2) is 39.9 Å². The van der Waals surface area contributed by atoms with E-state index in [1.165, 1.54) is 21.7 Å². The van der Waals surface area contributed by atoms with Crippen molar-refractivity contribution < 1.29 is 0 Å². The average Bonchev–Trinajstić information content (AvgIpc) is 2.98. The van der Waals surface area contributed by atoms with Crippen molar-refractivity contribution in [3.05, 3.63) is 56.7 Å². The van der Waals surface area contributed by atoms with E-state index in [-0.39, 0.29) is 17.7 Å². The summed E-state index contributed by atoms with van der Waals surface area (Å²) in [7, 11) is 2.97. The Labute approximate surface area is 143 Å². The second-order valence-corrected chi connectivity index (χ2v) is 5.72. The number of imidazole rings is 1. The second kappa shape index (κ2) is 6.65. The van der Waals surface area contributed by atoms with Gasteiger partial charge in [-0.05, 0) is 12.0 Å². The topological polar surface area (TPSA) is 97.6 Å². The molecule has 0 aliphatic heterocycles. The van der Waals surface area contributed by atoms with E-state index in [0.29, 0.717) is 12.5 Å². The van der Waals surface area contributed by atoms with Crippen molar-refractivity contribution in [2.24, 2.45) is 14.1 Å². The van der Waals surface area contributed by atoms with Crippen LogP contribution in [-0.2, 0) is 27.1 Å². The fourth-order valence-corrected chi connectivity index (χ4v) is 2.77. The molecule has 0 aliphatic rings. The quantitative estimate of drug-likeness (QED) is 0.735. The van der Waals surface area contributed by atoms with E-state index in [0.717, 1.165) is 11.0 Å². The van der Waals surface area contributed by atoms with Gasteiger partial charge in [0.05, 0.1) is 6.07 Å². The zero-order valence-corrected chi connectivity index (χ0v) is 14.1. The van der Waals surface area contributed by atoms with Crippen LogP contribution < -0.4 is 16.6 Å². The molecule has 1 N–H and O–H groups in total. The van der Waals surface area contributed by atoms with Gasteiger partial charge in [-0.25, -0.2) is 4.79 Å². The summed E-state index contributed by atoms with van der Waals surface area (Å²) in [4.78, 5) is 28.9. The predicted molar refractivity (Wildman–Crippen MR) is 94.5 cm³/mol.